The molecular weight excluding hydrogens is 492 g/mol. The SMILES string of the molecule is COC(=O)C1CCN(C(=O)[C@H](Cc2cccc(C(=N)N)c2)NSc2cccc(NC(=O)CCN)c2)CC1. The summed E-state index contributed by atoms with van der Waals surface area (Å²) < 4.78 is 8.16. The standard InChI is InChI=1S/C26H34N6O4S/c1-36-26(35)18-9-12-32(13-10-18)25(34)22(15-17-4-2-5-19(14-17)24(28)29)31-37-21-7-3-6-20(16-21)30-23(33)8-11-27/h2-7,14,16,18,22,31H,8-13,15,27H2,1H3,(H3,28,29)(H,30,33)/t22-/m0/s1. The maximum atomic E-state index is 13.6. The van der Waals surface area contributed by atoms with E-state index in [4.69, 9.17) is 21.6 Å². The lowest BCUT2D eigenvalue weighted by Crippen LogP contribution is -2.49. The molecule has 2 aromatic carbocycles. The van der Waals surface area contributed by atoms with E-state index in [0.29, 0.717) is 43.6 Å². The Bertz CT molecular complexity index is 1120. The molecular formula is C26H34N6O4S. The fourth-order valence-corrected chi connectivity index (χ4v) is 4.93. The number of amidine groups is 1. The first-order valence-corrected chi connectivity index (χ1v) is 12.9. The van der Waals surface area contributed by atoms with Crippen LogP contribution in [0, 0.1) is 11.3 Å². The third-order valence-corrected chi connectivity index (χ3v) is 7.02. The predicted octanol–water partition coefficient (Wildman–Crippen LogP) is 1.88. The van der Waals surface area contributed by atoms with Crippen molar-refractivity contribution in [2.75, 3.05) is 32.1 Å². The van der Waals surface area contributed by atoms with Gasteiger partial charge in [-0.05, 0) is 61.0 Å². The number of methoxy groups -OCH3 is 1. The Morgan fingerprint density at radius 1 is 1.16 bits per heavy atom. The van der Waals surface area contributed by atoms with Gasteiger partial charge in [-0.15, -0.1) is 0 Å². The molecule has 0 radical (unpaired) electrons. The number of piperidine rings is 1. The zero-order valence-electron chi connectivity index (χ0n) is 20.9. The Morgan fingerprint density at radius 2 is 1.89 bits per heavy atom. The maximum absolute atomic E-state index is 13.6. The quantitative estimate of drug-likeness (QED) is 0.128. The van der Waals surface area contributed by atoms with Gasteiger partial charge in [0.2, 0.25) is 11.8 Å². The average molecular weight is 527 g/mol. The van der Waals surface area contributed by atoms with Crippen LogP contribution >= 0.6 is 11.9 Å². The minimum atomic E-state index is -0.572. The molecule has 37 heavy (non-hydrogen) atoms. The van der Waals surface area contributed by atoms with Gasteiger partial charge < -0.3 is 26.4 Å². The number of rotatable bonds is 11. The van der Waals surface area contributed by atoms with Crippen molar-refractivity contribution in [1.29, 1.82) is 5.41 Å². The highest BCUT2D eigenvalue weighted by Crippen LogP contribution is 2.23. The van der Waals surface area contributed by atoms with E-state index < -0.39 is 6.04 Å². The molecule has 0 aliphatic carbocycles. The summed E-state index contributed by atoms with van der Waals surface area (Å²) >= 11 is 1.30. The number of nitrogens with two attached hydrogens (primary N) is 2. The number of esters is 1. The number of carbonyl (C=O) groups is 3. The molecule has 0 spiro atoms. The minimum absolute atomic E-state index is 0.0366. The molecule has 0 bridgehead atoms. The highest BCUT2D eigenvalue weighted by molar-refractivity contribution is 7.97. The van der Waals surface area contributed by atoms with Crippen molar-refractivity contribution >= 4 is 41.3 Å². The van der Waals surface area contributed by atoms with Crippen LogP contribution in [0.25, 0.3) is 0 Å². The first-order chi connectivity index (χ1) is 17.8. The van der Waals surface area contributed by atoms with Gasteiger partial charge in [-0.25, -0.2) is 4.72 Å². The van der Waals surface area contributed by atoms with Gasteiger partial charge in [0, 0.05) is 42.2 Å². The van der Waals surface area contributed by atoms with Gasteiger partial charge in [-0.2, -0.15) is 0 Å². The number of likely N-dealkylation sites (tertiary alicyclic amines) is 1. The van der Waals surface area contributed by atoms with E-state index >= 15 is 0 Å². The second-order valence-corrected chi connectivity index (χ2v) is 9.74. The smallest absolute Gasteiger partial charge is 0.308 e. The molecule has 2 amide bonds. The topological polar surface area (TPSA) is 164 Å². The molecule has 0 saturated carbocycles. The van der Waals surface area contributed by atoms with Gasteiger partial charge in [-0.3, -0.25) is 19.8 Å². The van der Waals surface area contributed by atoms with E-state index in [0.717, 1.165) is 10.5 Å². The van der Waals surface area contributed by atoms with Crippen LogP contribution in [-0.2, 0) is 25.5 Å². The first kappa shape index (κ1) is 28.2. The van der Waals surface area contributed by atoms with E-state index in [9.17, 15) is 14.4 Å². The van der Waals surface area contributed by atoms with E-state index in [1.165, 1.54) is 19.1 Å². The Morgan fingerprint density at radius 3 is 2.57 bits per heavy atom. The summed E-state index contributed by atoms with van der Waals surface area (Å²) in [4.78, 5) is 40.0. The van der Waals surface area contributed by atoms with Crippen molar-refractivity contribution < 1.29 is 19.1 Å². The molecule has 0 aromatic heterocycles. The van der Waals surface area contributed by atoms with Gasteiger partial charge in [0.15, 0.2) is 0 Å². The minimum Gasteiger partial charge on any atom is -0.469 e. The Hall–Kier alpha value is -3.41. The van der Waals surface area contributed by atoms with Crippen LogP contribution in [0.15, 0.2) is 53.4 Å². The molecule has 3 rings (SSSR count). The number of anilines is 1. The monoisotopic (exact) mass is 526 g/mol. The molecule has 10 nitrogen and oxygen atoms in total. The number of nitrogen functional groups attached to an aromatic ring is 1. The molecule has 1 aliphatic heterocycles. The maximum Gasteiger partial charge on any atom is 0.308 e. The van der Waals surface area contributed by atoms with Gasteiger partial charge in [0.05, 0.1) is 13.0 Å². The fourth-order valence-electron chi connectivity index (χ4n) is 4.13. The lowest BCUT2D eigenvalue weighted by molar-refractivity contribution is -0.149. The third kappa shape index (κ3) is 8.31. The molecule has 2 aromatic rings. The number of nitrogens with one attached hydrogen (secondary N) is 3. The van der Waals surface area contributed by atoms with Crippen molar-refractivity contribution in [3.8, 4) is 0 Å². The molecule has 11 heteroatoms. The van der Waals surface area contributed by atoms with E-state index in [1.54, 1.807) is 17.0 Å². The van der Waals surface area contributed by atoms with Crippen LogP contribution in [-0.4, -0.2) is 61.3 Å². The van der Waals surface area contributed by atoms with Crippen LogP contribution in [0.3, 0.4) is 0 Å². The van der Waals surface area contributed by atoms with E-state index in [2.05, 4.69) is 10.0 Å². The number of amides is 2. The summed E-state index contributed by atoms with van der Waals surface area (Å²) in [5, 5.41) is 10.5. The lowest BCUT2D eigenvalue weighted by atomic mass is 9.96. The summed E-state index contributed by atoms with van der Waals surface area (Å²) in [6.45, 7) is 1.21. The fraction of sp³-hybridized carbons (Fsp3) is 0.385. The molecule has 7 N–H and O–H groups in total. The lowest BCUT2D eigenvalue weighted by Gasteiger charge is -2.33. The summed E-state index contributed by atoms with van der Waals surface area (Å²) in [6, 6.07) is 14.0. The molecule has 1 heterocycles. The van der Waals surface area contributed by atoms with Crippen LogP contribution < -0.4 is 21.5 Å². The first-order valence-electron chi connectivity index (χ1n) is 12.1. The van der Waals surface area contributed by atoms with E-state index in [1.807, 2.05) is 36.4 Å². The van der Waals surface area contributed by atoms with Gasteiger partial charge in [-0.1, -0.05) is 24.3 Å². The number of benzene rings is 2. The summed E-state index contributed by atoms with van der Waals surface area (Å²) in [6.07, 6.45) is 1.74. The molecule has 1 aliphatic rings. The van der Waals surface area contributed by atoms with Crippen molar-refractivity contribution in [3.63, 3.8) is 0 Å². The summed E-state index contributed by atoms with van der Waals surface area (Å²) in [5.41, 5.74) is 13.2. The van der Waals surface area contributed by atoms with Crippen LogP contribution in [0.2, 0.25) is 0 Å². The summed E-state index contributed by atoms with van der Waals surface area (Å²) in [5.74, 6) is -0.704. The highest BCUT2D eigenvalue weighted by atomic mass is 32.2. The largest absolute Gasteiger partial charge is 0.469 e. The molecule has 198 valence electrons. The normalized spacial score (nSPS) is 14.6. The molecule has 1 fully saturated rings. The number of hydrogen-bond acceptors (Lipinski definition) is 8. The molecule has 1 atom stereocenters. The predicted molar refractivity (Wildman–Crippen MR) is 144 cm³/mol. The number of nitrogens with zero attached hydrogens (tertiary/aromatic N) is 1. The van der Waals surface area contributed by atoms with E-state index in [-0.39, 0.29) is 42.5 Å². The Labute approximate surface area is 221 Å². The molecule has 1 saturated heterocycles. The van der Waals surface area contributed by atoms with Crippen LogP contribution in [0.1, 0.15) is 30.4 Å². The summed E-state index contributed by atoms with van der Waals surface area (Å²) in [7, 11) is 1.38. The second-order valence-electron chi connectivity index (χ2n) is 8.83. The number of carbonyl (C=O) groups excluding carboxylic acids is 3. The second kappa shape index (κ2) is 13.8. The zero-order chi connectivity index (χ0) is 26.8. The third-order valence-electron chi connectivity index (χ3n) is 6.13. The van der Waals surface area contributed by atoms with Gasteiger partial charge in [0.25, 0.3) is 0 Å². The number of hydrogen-bond donors (Lipinski definition) is 5. The zero-order valence-corrected chi connectivity index (χ0v) is 21.7. The van der Waals surface area contributed by atoms with Crippen molar-refractivity contribution in [2.45, 2.75) is 36.6 Å². The van der Waals surface area contributed by atoms with Crippen LogP contribution in [0.5, 0.6) is 0 Å². The van der Waals surface area contributed by atoms with Crippen LogP contribution in [0.4, 0.5) is 5.69 Å². The van der Waals surface area contributed by atoms with Gasteiger partial charge in [0.1, 0.15) is 11.9 Å². The van der Waals surface area contributed by atoms with Gasteiger partial charge >= 0.3 is 5.97 Å². The molecule has 0 unspecified atom stereocenters. The van der Waals surface area contributed by atoms with Crippen molar-refractivity contribution in [1.82, 2.24) is 9.62 Å². The van der Waals surface area contributed by atoms with Crippen molar-refractivity contribution in [3.05, 3.63) is 59.7 Å². The Kier molecular flexibility index (Phi) is 10.5. The average Bonchev–Trinajstić information content (AvgIpc) is 2.90. The highest BCUT2D eigenvalue weighted by Gasteiger charge is 2.31. The Balaban J connectivity index is 1.73. The number of ether oxygens (including phenoxy) is 1. The van der Waals surface area contributed by atoms with Crippen molar-refractivity contribution in [2.24, 2.45) is 17.4 Å².